The van der Waals surface area contributed by atoms with Crippen molar-refractivity contribution >= 4 is 32.7 Å². The Labute approximate surface area is 194 Å². The predicted molar refractivity (Wildman–Crippen MR) is 116 cm³/mol. The number of phenolic OH excluding ortho intramolecular Hbond substituents is 1. The van der Waals surface area contributed by atoms with Crippen molar-refractivity contribution < 1.29 is 53.3 Å². The molecule has 0 bridgehead atoms. The van der Waals surface area contributed by atoms with Crippen LogP contribution in [0.3, 0.4) is 0 Å². The SMILES string of the molecule is COc1c(O)cc2c(=O)oc3c(OC)c(OC4O[C@H](CO)[C@@H](O)[C@H](O)[C@H]4O)cc4c(=O)oc1c2c34. The van der Waals surface area contributed by atoms with Gasteiger partial charge in [0.1, 0.15) is 24.4 Å². The molecular formula is C22H20O13. The molecule has 1 fully saturated rings. The first-order valence-corrected chi connectivity index (χ1v) is 10.3. The fourth-order valence-corrected chi connectivity index (χ4v) is 4.32. The van der Waals surface area contributed by atoms with E-state index in [1.807, 2.05) is 0 Å². The Bertz CT molecular complexity index is 1530. The quantitative estimate of drug-likeness (QED) is 0.175. The van der Waals surface area contributed by atoms with Crippen LogP contribution in [0, 0.1) is 0 Å². The molecule has 5 rings (SSSR count). The molecule has 1 aliphatic heterocycles. The Morgan fingerprint density at radius 2 is 1.43 bits per heavy atom. The molecule has 0 spiro atoms. The summed E-state index contributed by atoms with van der Waals surface area (Å²) in [5, 5.41) is 50.1. The maximum Gasteiger partial charge on any atom is 0.344 e. The summed E-state index contributed by atoms with van der Waals surface area (Å²) in [6, 6.07) is 2.32. The van der Waals surface area contributed by atoms with E-state index in [0.29, 0.717) is 0 Å². The second-order valence-corrected chi connectivity index (χ2v) is 7.93. The van der Waals surface area contributed by atoms with Gasteiger partial charge in [-0.2, -0.15) is 0 Å². The average Bonchev–Trinajstić information content (AvgIpc) is 2.83. The molecular weight excluding hydrogens is 472 g/mol. The van der Waals surface area contributed by atoms with E-state index >= 15 is 0 Å². The lowest BCUT2D eigenvalue weighted by molar-refractivity contribution is -0.277. The van der Waals surface area contributed by atoms with Crippen LogP contribution in [-0.4, -0.2) is 77.1 Å². The lowest BCUT2D eigenvalue weighted by Gasteiger charge is -2.39. The zero-order valence-electron chi connectivity index (χ0n) is 18.3. The standard InChI is InChI=1S/C22H20O13/c1-30-16-8(24)3-6-11-12-7(21(29)34-18(11)16)4-9(17(31-2)19(12)35-20(6)28)32-22-15(27)14(26)13(25)10(5-23)33-22/h3-4,10,13-15,22-27H,5H2,1-2H3/t10-,13-,14+,15-,22?/m1/s1. The topological polar surface area (TPSA) is 198 Å². The van der Waals surface area contributed by atoms with Crippen molar-refractivity contribution in [3.63, 3.8) is 0 Å². The van der Waals surface area contributed by atoms with Gasteiger partial charge in [0.2, 0.25) is 17.8 Å². The lowest BCUT2D eigenvalue weighted by atomic mass is 9.99. The van der Waals surface area contributed by atoms with E-state index in [1.165, 1.54) is 20.3 Å². The van der Waals surface area contributed by atoms with Crippen LogP contribution in [0.1, 0.15) is 0 Å². The molecule has 5 atom stereocenters. The zero-order chi connectivity index (χ0) is 25.2. The summed E-state index contributed by atoms with van der Waals surface area (Å²) in [5.41, 5.74) is -2.17. The number of phenols is 1. The smallest absolute Gasteiger partial charge is 0.344 e. The Hall–Kier alpha value is -3.62. The van der Waals surface area contributed by atoms with E-state index in [9.17, 15) is 35.1 Å². The zero-order valence-corrected chi connectivity index (χ0v) is 18.3. The number of ether oxygens (including phenoxy) is 4. The number of aliphatic hydroxyl groups excluding tert-OH is 4. The molecule has 0 amide bonds. The number of rotatable bonds is 5. The van der Waals surface area contributed by atoms with Crippen molar-refractivity contribution in [3.05, 3.63) is 33.0 Å². The van der Waals surface area contributed by atoms with Crippen LogP contribution in [0.5, 0.6) is 23.0 Å². The Balaban J connectivity index is 1.77. The van der Waals surface area contributed by atoms with Crippen LogP contribution in [0.25, 0.3) is 32.7 Å². The first-order chi connectivity index (χ1) is 16.7. The minimum atomic E-state index is -1.75. The number of aromatic hydroxyl groups is 1. The predicted octanol–water partition coefficient (Wildman–Crippen LogP) is -0.608. The van der Waals surface area contributed by atoms with Gasteiger partial charge in [0.05, 0.1) is 31.6 Å². The van der Waals surface area contributed by atoms with Crippen LogP contribution in [0.2, 0.25) is 0 Å². The van der Waals surface area contributed by atoms with E-state index in [1.54, 1.807) is 0 Å². The van der Waals surface area contributed by atoms with Gasteiger partial charge in [-0.1, -0.05) is 0 Å². The second kappa shape index (κ2) is 8.25. The molecule has 0 aliphatic carbocycles. The Kier molecular flexibility index (Phi) is 5.45. The summed E-state index contributed by atoms with van der Waals surface area (Å²) in [7, 11) is 2.49. The molecule has 2 aromatic carbocycles. The fourth-order valence-electron chi connectivity index (χ4n) is 4.32. The number of benzene rings is 2. The molecule has 1 unspecified atom stereocenters. The van der Waals surface area contributed by atoms with Crippen LogP contribution < -0.4 is 25.5 Å². The highest BCUT2D eigenvalue weighted by Crippen LogP contribution is 2.46. The largest absolute Gasteiger partial charge is 0.504 e. The molecule has 0 radical (unpaired) electrons. The molecule has 186 valence electrons. The van der Waals surface area contributed by atoms with Crippen molar-refractivity contribution in [1.29, 1.82) is 0 Å². The minimum absolute atomic E-state index is 0.0794. The van der Waals surface area contributed by atoms with Gasteiger partial charge in [-0.05, 0) is 12.1 Å². The van der Waals surface area contributed by atoms with Gasteiger partial charge in [0.25, 0.3) is 0 Å². The van der Waals surface area contributed by atoms with Gasteiger partial charge in [-0.3, -0.25) is 0 Å². The van der Waals surface area contributed by atoms with Crippen molar-refractivity contribution in [2.75, 3.05) is 20.8 Å². The van der Waals surface area contributed by atoms with Gasteiger partial charge in [0.15, 0.2) is 22.7 Å². The maximum atomic E-state index is 12.9. The van der Waals surface area contributed by atoms with Crippen LogP contribution in [-0.2, 0) is 4.74 Å². The summed E-state index contributed by atoms with van der Waals surface area (Å²) in [5.74, 6) is -0.989. The van der Waals surface area contributed by atoms with Gasteiger partial charge < -0.3 is 53.3 Å². The van der Waals surface area contributed by atoms with E-state index in [2.05, 4.69) is 0 Å². The lowest BCUT2D eigenvalue weighted by Crippen LogP contribution is -2.60. The highest BCUT2D eigenvalue weighted by atomic mass is 16.7. The van der Waals surface area contributed by atoms with E-state index in [4.69, 9.17) is 27.8 Å². The minimum Gasteiger partial charge on any atom is -0.504 e. The first-order valence-electron chi connectivity index (χ1n) is 10.3. The average molecular weight is 492 g/mol. The summed E-state index contributed by atoms with van der Waals surface area (Å²) in [6.45, 7) is -0.685. The molecule has 13 heteroatoms. The highest BCUT2D eigenvalue weighted by molar-refractivity contribution is 6.22. The highest BCUT2D eigenvalue weighted by Gasteiger charge is 2.45. The molecule has 5 N–H and O–H groups in total. The molecule has 3 heterocycles. The van der Waals surface area contributed by atoms with Gasteiger partial charge in [0, 0.05) is 10.8 Å². The third-order valence-electron chi connectivity index (χ3n) is 6.00. The second-order valence-electron chi connectivity index (χ2n) is 7.93. The van der Waals surface area contributed by atoms with Crippen molar-refractivity contribution in [3.8, 4) is 23.0 Å². The molecule has 35 heavy (non-hydrogen) atoms. The summed E-state index contributed by atoms with van der Waals surface area (Å²) in [4.78, 5) is 25.7. The summed E-state index contributed by atoms with van der Waals surface area (Å²) in [6.07, 6.45) is -7.94. The first kappa shape index (κ1) is 23.1. The molecule has 0 saturated carbocycles. The molecule has 2 aromatic heterocycles. The maximum absolute atomic E-state index is 12.9. The van der Waals surface area contributed by atoms with Crippen LogP contribution >= 0.6 is 0 Å². The normalized spacial score (nSPS) is 24.9. The number of methoxy groups -OCH3 is 2. The number of aliphatic hydroxyl groups is 4. The summed E-state index contributed by atoms with van der Waals surface area (Å²) >= 11 is 0. The van der Waals surface area contributed by atoms with Gasteiger partial charge in [-0.25, -0.2) is 9.59 Å². The van der Waals surface area contributed by atoms with Gasteiger partial charge >= 0.3 is 11.3 Å². The van der Waals surface area contributed by atoms with E-state index in [0.717, 1.165) is 6.07 Å². The third-order valence-corrected chi connectivity index (χ3v) is 6.00. The van der Waals surface area contributed by atoms with E-state index in [-0.39, 0.29) is 50.0 Å². The molecule has 4 aromatic rings. The molecule has 13 nitrogen and oxygen atoms in total. The van der Waals surface area contributed by atoms with Gasteiger partial charge in [-0.15, -0.1) is 0 Å². The van der Waals surface area contributed by atoms with Crippen molar-refractivity contribution in [2.45, 2.75) is 30.7 Å². The Morgan fingerprint density at radius 1 is 0.857 bits per heavy atom. The van der Waals surface area contributed by atoms with Crippen LogP contribution in [0.15, 0.2) is 30.6 Å². The molecule has 1 saturated heterocycles. The fraction of sp³-hybridized carbons (Fsp3) is 0.364. The monoisotopic (exact) mass is 492 g/mol. The van der Waals surface area contributed by atoms with Crippen LogP contribution in [0.4, 0.5) is 0 Å². The number of hydrogen-bond donors (Lipinski definition) is 5. The number of hydrogen-bond acceptors (Lipinski definition) is 13. The third kappa shape index (κ3) is 3.28. The van der Waals surface area contributed by atoms with E-state index < -0.39 is 54.3 Å². The molecule has 1 aliphatic rings. The van der Waals surface area contributed by atoms with Crippen molar-refractivity contribution in [2.24, 2.45) is 0 Å². The summed E-state index contributed by atoms with van der Waals surface area (Å²) < 4.78 is 32.3. The Morgan fingerprint density at radius 3 is 2.00 bits per heavy atom. The van der Waals surface area contributed by atoms with Crippen molar-refractivity contribution in [1.82, 2.24) is 0 Å².